The third-order valence-corrected chi connectivity index (χ3v) is 3.65. The lowest BCUT2D eigenvalue weighted by Gasteiger charge is -1.97. The van der Waals surface area contributed by atoms with Gasteiger partial charge in [-0.3, -0.25) is 4.40 Å². The second-order valence-electron chi connectivity index (χ2n) is 3.30. The number of hydrogen-bond donors (Lipinski definition) is 0. The highest BCUT2D eigenvalue weighted by molar-refractivity contribution is 9.10. The Kier molecular flexibility index (Phi) is 2.56. The first-order valence-corrected chi connectivity index (χ1v) is 6.39. The van der Waals surface area contributed by atoms with Gasteiger partial charge in [0, 0.05) is 10.7 Å². The Labute approximate surface area is 109 Å². The van der Waals surface area contributed by atoms with Crippen molar-refractivity contribution in [3.63, 3.8) is 0 Å². The summed E-state index contributed by atoms with van der Waals surface area (Å²) in [5.74, 6) is 0. The molecule has 3 aromatic rings. The van der Waals surface area contributed by atoms with Gasteiger partial charge in [0.15, 0.2) is 5.01 Å². The zero-order valence-electron chi connectivity index (χ0n) is 8.79. The molecule has 0 unspecified atom stereocenters. The standard InChI is InChI=1S/C10H7BrN4OS/c1-16-10-14-13-9(17-10)7-4-12-8-3-2-6(11)5-15(7)8/h2-5H,1H3. The van der Waals surface area contributed by atoms with Crippen molar-refractivity contribution in [2.45, 2.75) is 0 Å². The molecule has 0 fully saturated rings. The van der Waals surface area contributed by atoms with Crippen molar-refractivity contribution in [1.82, 2.24) is 19.6 Å². The van der Waals surface area contributed by atoms with E-state index in [0.717, 1.165) is 20.8 Å². The third kappa shape index (κ3) is 1.81. The van der Waals surface area contributed by atoms with Crippen molar-refractivity contribution in [2.75, 3.05) is 7.11 Å². The molecule has 0 aromatic carbocycles. The second kappa shape index (κ2) is 4.08. The van der Waals surface area contributed by atoms with E-state index in [4.69, 9.17) is 4.74 Å². The highest BCUT2D eigenvalue weighted by Gasteiger charge is 2.11. The lowest BCUT2D eigenvalue weighted by atomic mass is 10.4. The summed E-state index contributed by atoms with van der Waals surface area (Å²) >= 11 is 4.83. The van der Waals surface area contributed by atoms with Crippen molar-refractivity contribution in [3.8, 4) is 15.9 Å². The summed E-state index contributed by atoms with van der Waals surface area (Å²) in [4.78, 5) is 4.31. The fourth-order valence-electron chi connectivity index (χ4n) is 1.51. The van der Waals surface area contributed by atoms with Crippen molar-refractivity contribution in [1.29, 1.82) is 0 Å². The van der Waals surface area contributed by atoms with E-state index in [0.29, 0.717) is 5.19 Å². The summed E-state index contributed by atoms with van der Waals surface area (Å²) in [6, 6.07) is 3.89. The number of fused-ring (bicyclic) bond motifs is 1. The van der Waals surface area contributed by atoms with Crippen LogP contribution >= 0.6 is 27.3 Å². The number of aromatic nitrogens is 4. The van der Waals surface area contributed by atoms with Crippen LogP contribution in [0.2, 0.25) is 0 Å². The maximum Gasteiger partial charge on any atom is 0.294 e. The van der Waals surface area contributed by atoms with E-state index in [-0.39, 0.29) is 0 Å². The van der Waals surface area contributed by atoms with Gasteiger partial charge in [0.05, 0.1) is 13.3 Å². The zero-order valence-corrected chi connectivity index (χ0v) is 11.2. The van der Waals surface area contributed by atoms with Gasteiger partial charge in [0.2, 0.25) is 0 Å². The lowest BCUT2D eigenvalue weighted by Crippen LogP contribution is -1.87. The molecule has 0 N–H and O–H groups in total. The number of hydrogen-bond acceptors (Lipinski definition) is 5. The van der Waals surface area contributed by atoms with Crippen LogP contribution in [0.25, 0.3) is 16.3 Å². The molecule has 7 heteroatoms. The van der Waals surface area contributed by atoms with Gasteiger partial charge in [0.25, 0.3) is 5.19 Å². The first kappa shape index (κ1) is 10.7. The van der Waals surface area contributed by atoms with E-state index in [1.54, 1.807) is 13.3 Å². The van der Waals surface area contributed by atoms with Crippen LogP contribution in [-0.2, 0) is 0 Å². The molecule has 17 heavy (non-hydrogen) atoms. The van der Waals surface area contributed by atoms with Gasteiger partial charge in [-0.15, -0.1) is 5.10 Å². The van der Waals surface area contributed by atoms with E-state index >= 15 is 0 Å². The molecule has 3 rings (SSSR count). The Bertz CT molecular complexity index is 678. The van der Waals surface area contributed by atoms with Gasteiger partial charge in [-0.1, -0.05) is 16.4 Å². The molecule has 0 bridgehead atoms. The molecule has 0 amide bonds. The minimum Gasteiger partial charge on any atom is -0.472 e. The molecular formula is C10H7BrN4OS. The van der Waals surface area contributed by atoms with E-state index in [2.05, 4.69) is 31.1 Å². The predicted molar refractivity (Wildman–Crippen MR) is 68.3 cm³/mol. The highest BCUT2D eigenvalue weighted by Crippen LogP contribution is 2.28. The molecule has 86 valence electrons. The molecule has 0 atom stereocenters. The molecule has 0 saturated heterocycles. The Morgan fingerprint density at radius 2 is 2.24 bits per heavy atom. The van der Waals surface area contributed by atoms with Crippen LogP contribution in [0.15, 0.2) is 29.0 Å². The quantitative estimate of drug-likeness (QED) is 0.730. The van der Waals surface area contributed by atoms with Crippen LogP contribution in [0.3, 0.4) is 0 Å². The molecule has 5 nitrogen and oxygen atoms in total. The van der Waals surface area contributed by atoms with Gasteiger partial charge < -0.3 is 4.74 Å². The Hall–Kier alpha value is -1.47. The predicted octanol–water partition coefficient (Wildman–Crippen LogP) is 2.62. The zero-order chi connectivity index (χ0) is 11.8. The average molecular weight is 311 g/mol. The van der Waals surface area contributed by atoms with Crippen LogP contribution in [0.5, 0.6) is 5.19 Å². The fraction of sp³-hybridized carbons (Fsp3) is 0.100. The van der Waals surface area contributed by atoms with Crippen LogP contribution in [0.1, 0.15) is 0 Å². The van der Waals surface area contributed by atoms with Crippen molar-refractivity contribution < 1.29 is 4.74 Å². The normalized spacial score (nSPS) is 10.9. The highest BCUT2D eigenvalue weighted by atomic mass is 79.9. The second-order valence-corrected chi connectivity index (χ2v) is 5.15. The summed E-state index contributed by atoms with van der Waals surface area (Å²) in [5.41, 5.74) is 1.78. The largest absolute Gasteiger partial charge is 0.472 e. The summed E-state index contributed by atoms with van der Waals surface area (Å²) < 4.78 is 7.98. The molecule has 0 spiro atoms. The van der Waals surface area contributed by atoms with Crippen molar-refractivity contribution >= 4 is 32.9 Å². The van der Waals surface area contributed by atoms with Crippen LogP contribution in [0, 0.1) is 0 Å². The minimum atomic E-state index is 0.546. The van der Waals surface area contributed by atoms with E-state index < -0.39 is 0 Å². The van der Waals surface area contributed by atoms with Gasteiger partial charge in [-0.05, 0) is 28.1 Å². The Morgan fingerprint density at radius 3 is 3.00 bits per heavy atom. The SMILES string of the molecule is COc1nnc(-c2cnc3ccc(Br)cn23)s1. The number of ether oxygens (including phenoxy) is 1. The number of methoxy groups -OCH3 is 1. The van der Waals surface area contributed by atoms with Crippen LogP contribution in [0.4, 0.5) is 0 Å². The number of pyridine rings is 1. The summed E-state index contributed by atoms with van der Waals surface area (Å²) in [5, 5.41) is 9.32. The molecule has 0 aliphatic rings. The molecule has 3 aromatic heterocycles. The summed E-state index contributed by atoms with van der Waals surface area (Å²) in [6.07, 6.45) is 3.73. The van der Waals surface area contributed by atoms with Crippen LogP contribution < -0.4 is 4.74 Å². The van der Waals surface area contributed by atoms with Crippen LogP contribution in [-0.4, -0.2) is 26.7 Å². The maximum atomic E-state index is 5.03. The topological polar surface area (TPSA) is 52.3 Å². The average Bonchev–Trinajstić information content (AvgIpc) is 2.93. The summed E-state index contributed by atoms with van der Waals surface area (Å²) in [7, 11) is 1.58. The van der Waals surface area contributed by atoms with Gasteiger partial charge in [-0.2, -0.15) is 0 Å². The molecule has 0 aliphatic carbocycles. The molecule has 0 radical (unpaired) electrons. The van der Waals surface area contributed by atoms with Gasteiger partial charge in [0.1, 0.15) is 11.3 Å². The Balaban J connectivity index is 2.19. The third-order valence-electron chi connectivity index (χ3n) is 2.27. The number of imidazole rings is 1. The first-order valence-electron chi connectivity index (χ1n) is 4.78. The van der Waals surface area contributed by atoms with Crippen molar-refractivity contribution in [3.05, 3.63) is 29.0 Å². The van der Waals surface area contributed by atoms with E-state index in [1.165, 1.54) is 11.3 Å². The Morgan fingerprint density at radius 1 is 1.35 bits per heavy atom. The smallest absolute Gasteiger partial charge is 0.294 e. The first-order chi connectivity index (χ1) is 8.28. The molecule has 3 heterocycles. The lowest BCUT2D eigenvalue weighted by molar-refractivity contribution is 0.407. The van der Waals surface area contributed by atoms with E-state index in [9.17, 15) is 0 Å². The number of halogens is 1. The molecular weight excluding hydrogens is 304 g/mol. The van der Waals surface area contributed by atoms with E-state index in [1.807, 2.05) is 22.7 Å². The van der Waals surface area contributed by atoms with Crippen molar-refractivity contribution in [2.24, 2.45) is 0 Å². The number of nitrogens with zero attached hydrogens (tertiary/aromatic N) is 4. The fourth-order valence-corrected chi connectivity index (χ4v) is 2.51. The minimum absolute atomic E-state index is 0.546. The van der Waals surface area contributed by atoms with Gasteiger partial charge in [-0.25, -0.2) is 4.98 Å². The maximum absolute atomic E-state index is 5.03. The monoisotopic (exact) mass is 310 g/mol. The molecule has 0 saturated carbocycles. The summed E-state index contributed by atoms with van der Waals surface area (Å²) in [6.45, 7) is 0. The molecule has 0 aliphatic heterocycles. The number of rotatable bonds is 2. The van der Waals surface area contributed by atoms with Gasteiger partial charge >= 0.3 is 0 Å².